The van der Waals surface area contributed by atoms with Gasteiger partial charge in [-0.3, -0.25) is 4.90 Å². The number of hydrogen-bond donors (Lipinski definition) is 1. The first-order chi connectivity index (χ1) is 9.61. The summed E-state index contributed by atoms with van der Waals surface area (Å²) < 4.78 is 5.35. The van der Waals surface area contributed by atoms with Crippen LogP contribution in [0.1, 0.15) is 32.3 Å². The van der Waals surface area contributed by atoms with Gasteiger partial charge in [0.25, 0.3) is 0 Å². The molecule has 1 saturated carbocycles. The molecule has 3 nitrogen and oxygen atoms in total. The lowest BCUT2D eigenvalue weighted by atomic mass is 9.89. The highest BCUT2D eigenvalue weighted by atomic mass is 16.5. The van der Waals surface area contributed by atoms with E-state index in [-0.39, 0.29) is 0 Å². The smallest absolute Gasteiger partial charge is 0.119 e. The van der Waals surface area contributed by atoms with E-state index in [1.165, 1.54) is 18.4 Å². The van der Waals surface area contributed by atoms with Gasteiger partial charge in [0.2, 0.25) is 0 Å². The average Bonchev–Trinajstić information content (AvgIpc) is 3.28. The van der Waals surface area contributed by atoms with Gasteiger partial charge in [-0.15, -0.1) is 0 Å². The van der Waals surface area contributed by atoms with Crippen molar-refractivity contribution < 1.29 is 4.74 Å². The van der Waals surface area contributed by atoms with Crippen LogP contribution in [-0.2, 0) is 6.54 Å². The van der Waals surface area contributed by atoms with Crippen LogP contribution in [0.15, 0.2) is 24.3 Å². The predicted octanol–water partition coefficient (Wildman–Crippen LogP) is 2.66. The normalized spacial score (nSPS) is 31.2. The van der Waals surface area contributed by atoms with E-state index in [4.69, 9.17) is 4.74 Å². The second-order valence-electron chi connectivity index (χ2n) is 6.65. The fourth-order valence-corrected chi connectivity index (χ4v) is 3.44. The number of nitrogens with zero attached hydrogens (tertiary/aromatic N) is 1. The highest BCUT2D eigenvalue weighted by Gasteiger charge is 2.47. The lowest BCUT2D eigenvalue weighted by molar-refractivity contribution is 0.0311. The minimum Gasteiger partial charge on any atom is -0.497 e. The van der Waals surface area contributed by atoms with Crippen molar-refractivity contribution in [3.63, 3.8) is 0 Å². The molecule has 20 heavy (non-hydrogen) atoms. The molecule has 0 radical (unpaired) electrons. The minimum absolute atomic E-state index is 0.315. The van der Waals surface area contributed by atoms with Gasteiger partial charge in [0.1, 0.15) is 5.75 Å². The summed E-state index contributed by atoms with van der Waals surface area (Å²) in [7, 11) is 1.74. The molecule has 2 atom stereocenters. The molecule has 1 aromatic carbocycles. The van der Waals surface area contributed by atoms with Crippen molar-refractivity contribution in [3.05, 3.63) is 29.8 Å². The van der Waals surface area contributed by atoms with Gasteiger partial charge in [-0.25, -0.2) is 0 Å². The largest absolute Gasteiger partial charge is 0.497 e. The van der Waals surface area contributed by atoms with E-state index in [0.29, 0.717) is 11.6 Å². The van der Waals surface area contributed by atoms with Crippen LogP contribution in [0.2, 0.25) is 0 Å². The molecule has 2 fully saturated rings. The van der Waals surface area contributed by atoms with Crippen LogP contribution in [0, 0.1) is 5.92 Å². The third-order valence-electron chi connectivity index (χ3n) is 4.99. The molecule has 1 aliphatic carbocycles. The molecule has 110 valence electrons. The summed E-state index contributed by atoms with van der Waals surface area (Å²) in [5.74, 6) is 1.83. The number of methoxy groups -OCH3 is 1. The van der Waals surface area contributed by atoms with Gasteiger partial charge < -0.3 is 10.1 Å². The number of rotatable bonds is 4. The third kappa shape index (κ3) is 2.70. The summed E-state index contributed by atoms with van der Waals surface area (Å²) in [6.07, 6.45) is 2.78. The van der Waals surface area contributed by atoms with E-state index < -0.39 is 0 Å². The average molecular weight is 274 g/mol. The monoisotopic (exact) mass is 274 g/mol. The van der Waals surface area contributed by atoms with Crippen LogP contribution in [-0.4, -0.2) is 36.7 Å². The topological polar surface area (TPSA) is 24.5 Å². The number of piperazine rings is 1. The number of nitrogens with one attached hydrogen (secondary N) is 1. The maximum atomic E-state index is 5.35. The highest BCUT2D eigenvalue weighted by Crippen LogP contribution is 2.44. The number of benzene rings is 1. The van der Waals surface area contributed by atoms with Crippen molar-refractivity contribution in [2.75, 3.05) is 20.2 Å². The summed E-state index contributed by atoms with van der Waals surface area (Å²) in [5, 5.41) is 3.67. The lowest BCUT2D eigenvalue weighted by Gasteiger charge is -2.48. The maximum absolute atomic E-state index is 5.35. The van der Waals surface area contributed by atoms with Crippen LogP contribution in [0.4, 0.5) is 0 Å². The molecular weight excluding hydrogens is 248 g/mol. The Morgan fingerprint density at radius 3 is 2.90 bits per heavy atom. The van der Waals surface area contributed by atoms with E-state index in [9.17, 15) is 0 Å². The zero-order valence-electron chi connectivity index (χ0n) is 12.9. The second kappa shape index (κ2) is 5.38. The van der Waals surface area contributed by atoms with E-state index >= 15 is 0 Å². The van der Waals surface area contributed by atoms with Crippen LogP contribution in [0.3, 0.4) is 0 Å². The molecule has 1 N–H and O–H groups in total. The van der Waals surface area contributed by atoms with Crippen molar-refractivity contribution in [1.82, 2.24) is 10.2 Å². The molecular formula is C17H26N2O. The van der Waals surface area contributed by atoms with Gasteiger partial charge in [0, 0.05) is 31.2 Å². The summed E-state index contributed by atoms with van der Waals surface area (Å²) in [5.41, 5.74) is 1.67. The minimum atomic E-state index is 0.315. The van der Waals surface area contributed by atoms with Gasteiger partial charge in [-0.1, -0.05) is 12.1 Å². The lowest BCUT2D eigenvalue weighted by Crippen LogP contribution is -2.63. The van der Waals surface area contributed by atoms with Crippen LogP contribution < -0.4 is 10.1 Å². The molecule has 0 aromatic heterocycles. The van der Waals surface area contributed by atoms with Crippen molar-refractivity contribution in [3.8, 4) is 5.75 Å². The standard InChI is InChI=1S/C17H26N2O/c1-13-10-19(17(2,12-18-13)15-7-8-15)11-14-5-4-6-16(9-14)20-3/h4-6,9,13,15,18H,7-8,10-12H2,1-3H3. The molecule has 1 aliphatic heterocycles. The van der Waals surface area contributed by atoms with Gasteiger partial charge in [-0.05, 0) is 50.3 Å². The Hall–Kier alpha value is -1.06. The Morgan fingerprint density at radius 1 is 1.40 bits per heavy atom. The maximum Gasteiger partial charge on any atom is 0.119 e. The van der Waals surface area contributed by atoms with Gasteiger partial charge in [0.15, 0.2) is 0 Å². The molecule has 0 bridgehead atoms. The predicted molar refractivity (Wildman–Crippen MR) is 82.0 cm³/mol. The van der Waals surface area contributed by atoms with E-state index in [2.05, 4.69) is 42.3 Å². The summed E-state index contributed by atoms with van der Waals surface area (Å²) >= 11 is 0. The van der Waals surface area contributed by atoms with Crippen molar-refractivity contribution >= 4 is 0 Å². The number of ether oxygens (including phenoxy) is 1. The summed E-state index contributed by atoms with van der Waals surface area (Å²) in [6.45, 7) is 7.98. The fourth-order valence-electron chi connectivity index (χ4n) is 3.44. The number of hydrogen-bond acceptors (Lipinski definition) is 3. The molecule has 2 unspecified atom stereocenters. The first kappa shape index (κ1) is 13.9. The Kier molecular flexibility index (Phi) is 3.74. The second-order valence-corrected chi connectivity index (χ2v) is 6.65. The third-order valence-corrected chi connectivity index (χ3v) is 4.99. The Morgan fingerprint density at radius 2 is 2.20 bits per heavy atom. The zero-order chi connectivity index (χ0) is 14.2. The molecule has 1 aromatic rings. The van der Waals surface area contributed by atoms with Crippen molar-refractivity contribution in [2.45, 2.75) is 44.8 Å². The van der Waals surface area contributed by atoms with E-state index in [1.54, 1.807) is 7.11 Å². The zero-order valence-corrected chi connectivity index (χ0v) is 12.9. The van der Waals surface area contributed by atoms with Gasteiger partial charge >= 0.3 is 0 Å². The summed E-state index contributed by atoms with van der Waals surface area (Å²) in [6, 6.07) is 9.06. The first-order valence-corrected chi connectivity index (χ1v) is 7.73. The first-order valence-electron chi connectivity index (χ1n) is 7.73. The van der Waals surface area contributed by atoms with Gasteiger partial charge in [0.05, 0.1) is 7.11 Å². The van der Waals surface area contributed by atoms with E-state index in [1.807, 2.05) is 6.07 Å². The summed E-state index contributed by atoms with van der Waals surface area (Å²) in [4.78, 5) is 2.68. The van der Waals surface area contributed by atoms with Gasteiger partial charge in [-0.2, -0.15) is 0 Å². The quantitative estimate of drug-likeness (QED) is 0.913. The van der Waals surface area contributed by atoms with E-state index in [0.717, 1.165) is 31.3 Å². The van der Waals surface area contributed by atoms with Crippen molar-refractivity contribution in [1.29, 1.82) is 0 Å². The SMILES string of the molecule is COc1cccc(CN2CC(C)NCC2(C)C2CC2)c1. The fraction of sp³-hybridized carbons (Fsp3) is 0.647. The van der Waals surface area contributed by atoms with Crippen molar-refractivity contribution in [2.24, 2.45) is 5.92 Å². The highest BCUT2D eigenvalue weighted by molar-refractivity contribution is 5.28. The molecule has 1 heterocycles. The molecule has 0 amide bonds. The Labute approximate surface area is 122 Å². The molecule has 2 aliphatic rings. The molecule has 3 heteroatoms. The Bertz CT molecular complexity index is 472. The van der Waals surface area contributed by atoms with Crippen LogP contribution in [0.25, 0.3) is 0 Å². The van der Waals surface area contributed by atoms with Crippen LogP contribution >= 0.6 is 0 Å². The molecule has 1 saturated heterocycles. The Balaban J connectivity index is 1.78. The van der Waals surface area contributed by atoms with Crippen LogP contribution in [0.5, 0.6) is 5.75 Å². The molecule has 0 spiro atoms. The molecule has 3 rings (SSSR count).